The Morgan fingerprint density at radius 3 is 2.67 bits per heavy atom. The van der Waals surface area contributed by atoms with Crippen LogP contribution < -0.4 is 5.73 Å². The van der Waals surface area contributed by atoms with Gasteiger partial charge in [0.05, 0.1) is 12.5 Å². The van der Waals surface area contributed by atoms with Crippen LogP contribution >= 0.6 is 0 Å². The molecule has 0 aromatic rings. The second kappa shape index (κ2) is 4.11. The lowest BCUT2D eigenvalue weighted by Crippen LogP contribution is -2.03. The molecule has 0 aromatic carbocycles. The molecule has 0 aliphatic rings. The van der Waals surface area contributed by atoms with Gasteiger partial charge < -0.3 is 5.73 Å². The van der Waals surface area contributed by atoms with Crippen molar-refractivity contribution in [2.24, 2.45) is 11.7 Å². The Bertz CT molecular complexity index is 152. The smallest absolute Gasteiger partial charge is 0.144 e. The number of ketones is 1. The molecule has 2 N–H and O–H groups in total. The predicted molar refractivity (Wildman–Crippen MR) is 36.7 cm³/mol. The van der Waals surface area contributed by atoms with Crippen LogP contribution in [-0.4, -0.2) is 12.3 Å². The molecule has 0 rings (SSSR count). The molecule has 0 aliphatic heterocycles. The van der Waals surface area contributed by atoms with Crippen LogP contribution in [0.15, 0.2) is 0 Å². The Labute approximate surface area is 55.4 Å². The fourth-order valence-corrected chi connectivity index (χ4v) is 0.314. The summed E-state index contributed by atoms with van der Waals surface area (Å²) in [5.74, 6) is 5.28. The summed E-state index contributed by atoms with van der Waals surface area (Å²) in [6.45, 7) is 3.62. The summed E-state index contributed by atoms with van der Waals surface area (Å²) in [5, 5.41) is 0. The van der Waals surface area contributed by atoms with Gasteiger partial charge in [0.25, 0.3) is 0 Å². The number of hydrogen-bond donors (Lipinski definition) is 1. The third-order valence-corrected chi connectivity index (χ3v) is 1.03. The molecule has 0 heterocycles. The second-order valence-corrected chi connectivity index (χ2v) is 1.86. The maximum atomic E-state index is 10.5. The molecule has 0 spiro atoms. The zero-order valence-electron chi connectivity index (χ0n) is 5.77. The van der Waals surface area contributed by atoms with E-state index in [-0.39, 0.29) is 11.7 Å². The largest absolute Gasteiger partial charge is 0.320 e. The second-order valence-electron chi connectivity index (χ2n) is 1.86. The summed E-state index contributed by atoms with van der Waals surface area (Å²) in [5.41, 5.74) is 5.09. The van der Waals surface area contributed by atoms with Crippen LogP contribution in [0.4, 0.5) is 0 Å². The molecule has 1 atom stereocenters. The van der Waals surface area contributed by atoms with E-state index < -0.39 is 0 Å². The summed E-state index contributed by atoms with van der Waals surface area (Å²) in [7, 11) is 0. The highest BCUT2D eigenvalue weighted by atomic mass is 16.1. The Balaban J connectivity index is 3.75. The quantitative estimate of drug-likeness (QED) is 0.508. The highest BCUT2D eigenvalue weighted by Gasteiger charge is 2.00. The third-order valence-electron chi connectivity index (χ3n) is 1.03. The fourth-order valence-electron chi connectivity index (χ4n) is 0.314. The van der Waals surface area contributed by atoms with Crippen molar-refractivity contribution >= 4 is 5.78 Å². The summed E-state index contributed by atoms with van der Waals surface area (Å²) < 4.78 is 0. The Morgan fingerprint density at radius 2 is 2.33 bits per heavy atom. The van der Waals surface area contributed by atoms with Crippen molar-refractivity contribution in [1.29, 1.82) is 0 Å². The minimum atomic E-state index is -0.159. The lowest BCUT2D eigenvalue weighted by Gasteiger charge is -1.92. The topological polar surface area (TPSA) is 43.1 Å². The summed E-state index contributed by atoms with van der Waals surface area (Å²) >= 11 is 0. The van der Waals surface area contributed by atoms with E-state index in [4.69, 9.17) is 5.73 Å². The number of nitrogens with two attached hydrogens (primary N) is 1. The third kappa shape index (κ3) is 3.75. The van der Waals surface area contributed by atoms with Crippen molar-refractivity contribution in [2.75, 3.05) is 6.54 Å². The van der Waals surface area contributed by atoms with Gasteiger partial charge in [-0.25, -0.2) is 0 Å². The molecule has 2 nitrogen and oxygen atoms in total. The average molecular weight is 125 g/mol. The number of carbonyl (C=O) groups excluding carboxylic acids is 1. The van der Waals surface area contributed by atoms with E-state index in [1.54, 1.807) is 6.92 Å². The molecule has 0 aromatic heterocycles. The standard InChI is InChI=1S/C7H11NO/c1-6(7(2)9)4-3-5-8/h6H,5,8H2,1-2H3. The molecule has 50 valence electrons. The van der Waals surface area contributed by atoms with Gasteiger partial charge in [0.2, 0.25) is 0 Å². The number of rotatable bonds is 1. The molecule has 0 saturated carbocycles. The molecule has 0 fully saturated rings. The minimum Gasteiger partial charge on any atom is -0.320 e. The van der Waals surface area contributed by atoms with Gasteiger partial charge in [0.15, 0.2) is 0 Å². The Morgan fingerprint density at radius 1 is 1.78 bits per heavy atom. The van der Waals surface area contributed by atoms with Crippen molar-refractivity contribution in [1.82, 2.24) is 0 Å². The Kier molecular flexibility index (Phi) is 3.74. The van der Waals surface area contributed by atoms with Gasteiger partial charge in [-0.15, -0.1) is 0 Å². The zero-order chi connectivity index (χ0) is 7.28. The molecule has 2 heteroatoms. The SMILES string of the molecule is CC(=O)C(C)C#CCN. The van der Waals surface area contributed by atoms with Crippen LogP contribution in [0.3, 0.4) is 0 Å². The molecule has 0 radical (unpaired) electrons. The average Bonchev–Trinajstić information content (AvgIpc) is 1.82. The lowest BCUT2D eigenvalue weighted by atomic mass is 10.1. The molecular formula is C7H11NO. The van der Waals surface area contributed by atoms with Gasteiger partial charge in [0, 0.05) is 0 Å². The highest BCUT2D eigenvalue weighted by molar-refractivity contribution is 5.80. The monoisotopic (exact) mass is 125 g/mol. The van der Waals surface area contributed by atoms with Crippen LogP contribution in [0.1, 0.15) is 13.8 Å². The van der Waals surface area contributed by atoms with Gasteiger partial charge in [-0.05, 0) is 13.8 Å². The highest BCUT2D eigenvalue weighted by Crippen LogP contribution is 1.91. The van der Waals surface area contributed by atoms with E-state index in [9.17, 15) is 4.79 Å². The first kappa shape index (κ1) is 8.19. The van der Waals surface area contributed by atoms with Crippen molar-refractivity contribution in [3.63, 3.8) is 0 Å². The molecule has 1 unspecified atom stereocenters. The fraction of sp³-hybridized carbons (Fsp3) is 0.571. The Hall–Kier alpha value is -0.810. The van der Waals surface area contributed by atoms with E-state index in [1.165, 1.54) is 6.92 Å². The van der Waals surface area contributed by atoms with E-state index >= 15 is 0 Å². The maximum Gasteiger partial charge on any atom is 0.144 e. The van der Waals surface area contributed by atoms with Gasteiger partial charge in [0.1, 0.15) is 5.78 Å². The van der Waals surface area contributed by atoms with E-state index in [0.717, 1.165) is 0 Å². The van der Waals surface area contributed by atoms with Crippen molar-refractivity contribution in [3.05, 3.63) is 0 Å². The van der Waals surface area contributed by atoms with Gasteiger partial charge >= 0.3 is 0 Å². The van der Waals surface area contributed by atoms with Crippen LogP contribution in [-0.2, 0) is 4.79 Å². The van der Waals surface area contributed by atoms with Gasteiger partial charge in [-0.3, -0.25) is 4.79 Å². The van der Waals surface area contributed by atoms with Crippen LogP contribution in [0.5, 0.6) is 0 Å². The first-order valence-corrected chi connectivity index (χ1v) is 2.87. The first-order chi connectivity index (χ1) is 4.18. The van der Waals surface area contributed by atoms with Crippen LogP contribution in [0.2, 0.25) is 0 Å². The van der Waals surface area contributed by atoms with E-state index in [0.29, 0.717) is 6.54 Å². The lowest BCUT2D eigenvalue weighted by molar-refractivity contribution is -0.118. The van der Waals surface area contributed by atoms with Crippen LogP contribution in [0.25, 0.3) is 0 Å². The van der Waals surface area contributed by atoms with E-state index in [2.05, 4.69) is 11.8 Å². The van der Waals surface area contributed by atoms with Crippen molar-refractivity contribution in [3.8, 4) is 11.8 Å². The summed E-state index contributed by atoms with van der Waals surface area (Å²) in [6, 6.07) is 0. The number of hydrogen-bond acceptors (Lipinski definition) is 2. The zero-order valence-corrected chi connectivity index (χ0v) is 5.77. The molecule has 0 aliphatic carbocycles. The number of Topliss-reactive ketones (excluding diaryl/α,β-unsaturated/α-hetero) is 1. The molecule has 0 bridgehead atoms. The molecule has 0 saturated heterocycles. The number of carbonyl (C=O) groups is 1. The normalized spacial score (nSPS) is 11.4. The van der Waals surface area contributed by atoms with Crippen molar-refractivity contribution in [2.45, 2.75) is 13.8 Å². The molecule has 0 amide bonds. The summed E-state index contributed by atoms with van der Waals surface area (Å²) in [4.78, 5) is 10.5. The predicted octanol–water partition coefficient (Wildman–Crippen LogP) is 0.174. The van der Waals surface area contributed by atoms with E-state index in [1.807, 2.05) is 0 Å². The molecular weight excluding hydrogens is 114 g/mol. The van der Waals surface area contributed by atoms with Gasteiger partial charge in [-0.1, -0.05) is 11.8 Å². The molecule has 9 heavy (non-hydrogen) atoms. The summed E-state index contributed by atoms with van der Waals surface area (Å²) in [6.07, 6.45) is 0. The first-order valence-electron chi connectivity index (χ1n) is 2.87. The maximum absolute atomic E-state index is 10.5. The van der Waals surface area contributed by atoms with Gasteiger partial charge in [-0.2, -0.15) is 0 Å². The van der Waals surface area contributed by atoms with Crippen molar-refractivity contribution < 1.29 is 4.79 Å². The van der Waals surface area contributed by atoms with Crippen LogP contribution in [0, 0.1) is 17.8 Å². The minimum absolute atomic E-state index is 0.0935.